The van der Waals surface area contributed by atoms with Crippen LogP contribution in [0.1, 0.15) is 0 Å². The number of thioether (sulfide) groups is 1. The van der Waals surface area contributed by atoms with Crippen molar-refractivity contribution in [3.63, 3.8) is 0 Å². The Balaban J connectivity index is 1.95. The second-order valence-corrected chi connectivity index (χ2v) is 5.68. The highest BCUT2D eigenvalue weighted by Crippen LogP contribution is 2.32. The van der Waals surface area contributed by atoms with Crippen molar-refractivity contribution in [1.29, 1.82) is 0 Å². The van der Waals surface area contributed by atoms with Crippen LogP contribution in [0.3, 0.4) is 0 Å². The molecule has 0 saturated heterocycles. The number of carbonyl (C=O) groups is 1. The van der Waals surface area contributed by atoms with Crippen LogP contribution < -0.4 is 10.1 Å². The molecule has 0 heterocycles. The van der Waals surface area contributed by atoms with Gasteiger partial charge in [0.1, 0.15) is 0 Å². The number of para-hydroxylation sites is 2. The van der Waals surface area contributed by atoms with Gasteiger partial charge < -0.3 is 10.1 Å². The molecule has 0 bridgehead atoms. The predicted molar refractivity (Wildman–Crippen MR) is 83.7 cm³/mol. The number of ether oxygens (including phenoxy) is 1. The van der Waals surface area contributed by atoms with E-state index in [0.717, 1.165) is 0 Å². The van der Waals surface area contributed by atoms with Gasteiger partial charge in [0, 0.05) is 4.90 Å². The van der Waals surface area contributed by atoms with Crippen molar-refractivity contribution in [2.24, 2.45) is 0 Å². The van der Waals surface area contributed by atoms with Gasteiger partial charge in [0.25, 0.3) is 5.91 Å². The van der Waals surface area contributed by atoms with E-state index in [2.05, 4.69) is 5.32 Å². The summed E-state index contributed by atoms with van der Waals surface area (Å²) in [6.45, 7) is -0.459. The summed E-state index contributed by atoms with van der Waals surface area (Å²) in [5.74, 6) is -2.34. The maximum absolute atomic E-state index is 13.4. The molecule has 1 N–H and O–H groups in total. The fourth-order valence-corrected chi connectivity index (χ4v) is 2.52. The number of carbonyl (C=O) groups excluding carboxylic acids is 1. The van der Waals surface area contributed by atoms with Crippen LogP contribution >= 0.6 is 11.8 Å². The summed E-state index contributed by atoms with van der Waals surface area (Å²) in [7, 11) is 0. The third kappa shape index (κ3) is 5.77. The number of nitrogens with one attached hydrogen (secondary N) is 1. The molecule has 128 valence electrons. The Hall–Kier alpha value is -2.22. The average Bonchev–Trinajstić information content (AvgIpc) is 2.52. The summed E-state index contributed by atoms with van der Waals surface area (Å²) < 4.78 is 55.4. The van der Waals surface area contributed by atoms with Crippen LogP contribution in [-0.4, -0.2) is 24.4 Å². The standard InChI is InChI=1S/C16H13F4NO2S/c17-11-5-1-3-7-13(11)23-9-15(22)21-12-6-2-4-8-14(12)24-10-16(18,19)20/h1-8H,9-10H2,(H,21,22). The van der Waals surface area contributed by atoms with E-state index < -0.39 is 30.3 Å². The Morgan fingerprint density at radius 1 is 1.08 bits per heavy atom. The van der Waals surface area contributed by atoms with Crippen molar-refractivity contribution in [2.75, 3.05) is 17.7 Å². The molecule has 2 aromatic rings. The Kier molecular flexibility index (Phi) is 6.08. The van der Waals surface area contributed by atoms with Crippen molar-refractivity contribution < 1.29 is 27.1 Å². The molecule has 3 nitrogen and oxygen atoms in total. The van der Waals surface area contributed by atoms with Gasteiger partial charge in [-0.25, -0.2) is 4.39 Å². The minimum atomic E-state index is -4.31. The fraction of sp³-hybridized carbons (Fsp3) is 0.188. The number of amides is 1. The van der Waals surface area contributed by atoms with Crippen molar-refractivity contribution >= 4 is 23.4 Å². The lowest BCUT2D eigenvalue weighted by Crippen LogP contribution is -2.21. The van der Waals surface area contributed by atoms with Crippen molar-refractivity contribution in [1.82, 2.24) is 0 Å². The van der Waals surface area contributed by atoms with Crippen molar-refractivity contribution in [2.45, 2.75) is 11.1 Å². The fourth-order valence-electron chi connectivity index (χ4n) is 1.75. The molecule has 0 radical (unpaired) electrons. The zero-order chi connectivity index (χ0) is 17.6. The van der Waals surface area contributed by atoms with E-state index in [-0.39, 0.29) is 16.3 Å². The molecule has 1 amide bonds. The number of hydrogen-bond acceptors (Lipinski definition) is 3. The quantitative estimate of drug-likeness (QED) is 0.610. The maximum atomic E-state index is 13.4. The third-order valence-corrected chi connectivity index (χ3v) is 3.89. The highest BCUT2D eigenvalue weighted by molar-refractivity contribution is 7.99. The smallest absolute Gasteiger partial charge is 0.398 e. The molecular formula is C16H13F4NO2S. The molecule has 0 fully saturated rings. The third-order valence-electron chi connectivity index (χ3n) is 2.75. The van der Waals surface area contributed by atoms with Gasteiger partial charge >= 0.3 is 6.18 Å². The normalized spacial score (nSPS) is 11.2. The summed E-state index contributed by atoms with van der Waals surface area (Å²) in [4.78, 5) is 12.1. The topological polar surface area (TPSA) is 38.3 Å². The summed E-state index contributed by atoms with van der Waals surface area (Å²) in [5.41, 5.74) is 0.244. The molecule has 24 heavy (non-hydrogen) atoms. The van der Waals surface area contributed by atoms with E-state index in [1.54, 1.807) is 18.2 Å². The minimum absolute atomic E-state index is 0.0765. The Morgan fingerprint density at radius 3 is 2.46 bits per heavy atom. The molecule has 0 aliphatic rings. The van der Waals surface area contributed by atoms with E-state index in [9.17, 15) is 22.4 Å². The van der Waals surface area contributed by atoms with E-state index in [1.807, 2.05) is 0 Å². The molecular weight excluding hydrogens is 346 g/mol. The van der Waals surface area contributed by atoms with Gasteiger partial charge in [-0.05, 0) is 24.3 Å². The Labute approximate surface area is 140 Å². The predicted octanol–water partition coefficient (Wildman–Crippen LogP) is 4.50. The van der Waals surface area contributed by atoms with Crippen LogP contribution in [-0.2, 0) is 4.79 Å². The molecule has 0 unspecified atom stereocenters. The summed E-state index contributed by atoms with van der Waals surface area (Å²) >= 11 is 0.572. The molecule has 8 heteroatoms. The first-order valence-electron chi connectivity index (χ1n) is 6.81. The van der Waals surface area contributed by atoms with E-state index in [4.69, 9.17) is 4.74 Å². The van der Waals surface area contributed by atoms with Gasteiger partial charge in [0.2, 0.25) is 0 Å². The number of alkyl halides is 3. The molecule has 2 aromatic carbocycles. The molecule has 0 aliphatic heterocycles. The Morgan fingerprint density at radius 2 is 1.75 bits per heavy atom. The second-order valence-electron chi connectivity index (χ2n) is 4.67. The highest BCUT2D eigenvalue weighted by atomic mass is 32.2. The second kappa shape index (κ2) is 8.05. The number of benzene rings is 2. The van der Waals surface area contributed by atoms with Gasteiger partial charge in [0.15, 0.2) is 18.2 Å². The zero-order valence-electron chi connectivity index (χ0n) is 12.3. The molecule has 2 rings (SSSR count). The average molecular weight is 359 g/mol. The van der Waals surface area contributed by atoms with E-state index >= 15 is 0 Å². The van der Waals surface area contributed by atoms with Gasteiger partial charge in [-0.1, -0.05) is 24.3 Å². The summed E-state index contributed by atoms with van der Waals surface area (Å²) in [5, 5.41) is 2.46. The van der Waals surface area contributed by atoms with Crippen LogP contribution in [0.15, 0.2) is 53.4 Å². The lowest BCUT2D eigenvalue weighted by molar-refractivity contribution is -0.118. The zero-order valence-corrected chi connectivity index (χ0v) is 13.1. The molecule has 0 saturated carbocycles. The van der Waals surface area contributed by atoms with Crippen molar-refractivity contribution in [3.05, 3.63) is 54.3 Å². The lowest BCUT2D eigenvalue weighted by atomic mass is 10.3. The van der Waals surface area contributed by atoms with Crippen LogP contribution in [0.25, 0.3) is 0 Å². The molecule has 0 aromatic heterocycles. The molecule has 0 aliphatic carbocycles. The monoisotopic (exact) mass is 359 g/mol. The first kappa shape index (κ1) is 18.1. The first-order chi connectivity index (χ1) is 11.3. The number of rotatable bonds is 6. The van der Waals surface area contributed by atoms with Gasteiger partial charge in [-0.2, -0.15) is 13.2 Å². The summed E-state index contributed by atoms with van der Waals surface area (Å²) in [6.07, 6.45) is -4.31. The van der Waals surface area contributed by atoms with Crippen molar-refractivity contribution in [3.8, 4) is 5.75 Å². The minimum Gasteiger partial charge on any atom is -0.481 e. The SMILES string of the molecule is O=C(COc1ccccc1F)Nc1ccccc1SCC(F)(F)F. The van der Waals surface area contributed by atoms with Gasteiger partial charge in [-0.3, -0.25) is 4.79 Å². The van der Waals surface area contributed by atoms with Crippen LogP contribution in [0.2, 0.25) is 0 Å². The number of halogens is 4. The van der Waals surface area contributed by atoms with Crippen LogP contribution in [0, 0.1) is 5.82 Å². The van der Waals surface area contributed by atoms with E-state index in [1.165, 1.54) is 30.3 Å². The van der Waals surface area contributed by atoms with E-state index in [0.29, 0.717) is 11.8 Å². The van der Waals surface area contributed by atoms with Gasteiger partial charge in [-0.15, -0.1) is 11.8 Å². The first-order valence-corrected chi connectivity index (χ1v) is 7.79. The largest absolute Gasteiger partial charge is 0.481 e. The lowest BCUT2D eigenvalue weighted by Gasteiger charge is -2.12. The molecule has 0 spiro atoms. The molecule has 0 atom stereocenters. The Bertz CT molecular complexity index is 706. The summed E-state index contributed by atoms with van der Waals surface area (Å²) in [6, 6.07) is 11.7. The van der Waals surface area contributed by atoms with Crippen LogP contribution in [0.4, 0.5) is 23.2 Å². The highest BCUT2D eigenvalue weighted by Gasteiger charge is 2.27. The number of hydrogen-bond donors (Lipinski definition) is 1. The van der Waals surface area contributed by atoms with Gasteiger partial charge in [0.05, 0.1) is 11.4 Å². The number of anilines is 1. The maximum Gasteiger partial charge on any atom is 0.398 e. The van der Waals surface area contributed by atoms with Crippen LogP contribution in [0.5, 0.6) is 5.75 Å².